The molecule has 2 amide bonds. The molecule has 3 aromatic carbocycles. The van der Waals surface area contributed by atoms with Crippen molar-refractivity contribution in [1.29, 1.82) is 0 Å². The Balaban J connectivity index is 1.26. The molecule has 5 rings (SSSR count). The average Bonchev–Trinajstić information content (AvgIpc) is 3.58. The number of carbonyl (C=O) groups is 2. The molecule has 2 N–H and O–H groups in total. The predicted molar refractivity (Wildman–Crippen MR) is 163 cm³/mol. The molecule has 0 aliphatic rings. The van der Waals surface area contributed by atoms with Crippen LogP contribution in [0.4, 0.5) is 5.13 Å². The quantitative estimate of drug-likeness (QED) is 0.125. The Bertz CT molecular complexity index is 1620. The fourth-order valence-corrected chi connectivity index (χ4v) is 5.73. The number of unbranched alkanes of at least 4 members (excludes halogenated alkanes) is 1. The Morgan fingerprint density at radius 1 is 1.05 bits per heavy atom. The number of hydrogen-bond acceptors (Lipinski definition) is 8. The number of thiazole rings is 1. The van der Waals surface area contributed by atoms with Crippen LogP contribution in [-0.2, 0) is 11.3 Å². The van der Waals surface area contributed by atoms with Gasteiger partial charge in [0.15, 0.2) is 16.1 Å². The highest BCUT2D eigenvalue weighted by Crippen LogP contribution is 2.27. The molecule has 2 heterocycles. The first-order chi connectivity index (χ1) is 20.0. The van der Waals surface area contributed by atoms with Crippen molar-refractivity contribution in [1.82, 2.24) is 25.1 Å². The Labute approximate surface area is 250 Å². The number of para-hydroxylation sites is 1. The largest absolute Gasteiger partial charge is 0.494 e. The standard InChI is InChI=1S/C29H27ClN6O3S2/c1-2-3-15-39-22-13-11-19(12-14-22)27(38)31-17-25-34-35-29(36(25)21-8-6-7-20(30)16-21)40-18-26(37)33-28-32-23-9-4-5-10-24(23)41-28/h4-14,16H,2-3,15,17-18H2,1H3,(H,31,38)(H,32,33,37). The van der Waals surface area contributed by atoms with Crippen LogP contribution >= 0.6 is 34.7 Å². The number of fused-ring (bicyclic) bond motifs is 1. The van der Waals surface area contributed by atoms with Gasteiger partial charge in [0.1, 0.15) is 5.75 Å². The first-order valence-corrected chi connectivity index (χ1v) is 15.2. The minimum absolute atomic E-state index is 0.0909. The first kappa shape index (κ1) is 28.6. The second-order valence-corrected chi connectivity index (χ2v) is 11.4. The summed E-state index contributed by atoms with van der Waals surface area (Å²) in [6, 6.07) is 22.0. The molecule has 0 radical (unpaired) electrons. The summed E-state index contributed by atoms with van der Waals surface area (Å²) >= 11 is 8.91. The number of benzene rings is 3. The van der Waals surface area contributed by atoms with Gasteiger partial charge in [-0.1, -0.05) is 66.2 Å². The molecule has 0 bridgehead atoms. The molecular weight excluding hydrogens is 580 g/mol. The molecule has 5 aromatic rings. The fourth-order valence-electron chi connectivity index (χ4n) is 3.89. The summed E-state index contributed by atoms with van der Waals surface area (Å²) in [5.41, 5.74) is 2.06. The molecule has 0 atom stereocenters. The highest BCUT2D eigenvalue weighted by molar-refractivity contribution is 7.99. The van der Waals surface area contributed by atoms with Crippen LogP contribution in [0, 0.1) is 0 Å². The van der Waals surface area contributed by atoms with Crippen molar-refractivity contribution < 1.29 is 14.3 Å². The van der Waals surface area contributed by atoms with Crippen LogP contribution < -0.4 is 15.4 Å². The van der Waals surface area contributed by atoms with Gasteiger partial charge in [-0.3, -0.25) is 14.2 Å². The number of thioether (sulfide) groups is 1. The van der Waals surface area contributed by atoms with E-state index >= 15 is 0 Å². The van der Waals surface area contributed by atoms with Gasteiger partial charge in [0.05, 0.1) is 34.8 Å². The molecule has 9 nitrogen and oxygen atoms in total. The number of aromatic nitrogens is 4. The zero-order valence-corrected chi connectivity index (χ0v) is 24.6. The van der Waals surface area contributed by atoms with Gasteiger partial charge in [0, 0.05) is 10.6 Å². The lowest BCUT2D eigenvalue weighted by Crippen LogP contribution is -2.24. The van der Waals surface area contributed by atoms with Crippen molar-refractivity contribution in [3.63, 3.8) is 0 Å². The number of anilines is 1. The number of nitrogens with zero attached hydrogens (tertiary/aromatic N) is 4. The molecule has 210 valence electrons. The molecule has 41 heavy (non-hydrogen) atoms. The van der Waals surface area contributed by atoms with Crippen LogP contribution in [0.2, 0.25) is 5.02 Å². The van der Waals surface area contributed by atoms with Crippen molar-refractivity contribution in [3.8, 4) is 11.4 Å². The smallest absolute Gasteiger partial charge is 0.251 e. The number of rotatable bonds is 12. The third-order valence-corrected chi connectivity index (χ3v) is 8.05. The molecule has 0 saturated heterocycles. The third-order valence-electron chi connectivity index (χ3n) is 5.93. The highest BCUT2D eigenvalue weighted by atomic mass is 35.5. The van der Waals surface area contributed by atoms with Crippen LogP contribution in [-0.4, -0.2) is 43.9 Å². The number of amides is 2. The molecule has 0 aliphatic heterocycles. The van der Waals surface area contributed by atoms with Crippen LogP contribution in [0.15, 0.2) is 78.0 Å². The van der Waals surface area contributed by atoms with E-state index in [-0.39, 0.29) is 24.1 Å². The van der Waals surface area contributed by atoms with Gasteiger partial charge in [-0.15, -0.1) is 10.2 Å². The second kappa shape index (κ2) is 13.6. The number of ether oxygens (including phenoxy) is 1. The third kappa shape index (κ3) is 7.43. The lowest BCUT2D eigenvalue weighted by molar-refractivity contribution is -0.113. The van der Waals surface area contributed by atoms with Crippen molar-refractivity contribution in [2.24, 2.45) is 0 Å². The maximum Gasteiger partial charge on any atom is 0.251 e. The SMILES string of the molecule is CCCCOc1ccc(C(=O)NCc2nnc(SCC(=O)Nc3nc4ccccc4s3)n2-c2cccc(Cl)c2)cc1. The minimum Gasteiger partial charge on any atom is -0.494 e. The number of hydrogen-bond donors (Lipinski definition) is 2. The second-order valence-electron chi connectivity index (χ2n) is 8.95. The topological polar surface area (TPSA) is 111 Å². The monoisotopic (exact) mass is 606 g/mol. The predicted octanol–water partition coefficient (Wildman–Crippen LogP) is 6.37. The zero-order chi connectivity index (χ0) is 28.6. The molecule has 0 aliphatic carbocycles. The average molecular weight is 607 g/mol. The maximum absolute atomic E-state index is 12.9. The maximum atomic E-state index is 12.9. The first-order valence-electron chi connectivity index (χ1n) is 13.0. The Morgan fingerprint density at radius 2 is 1.88 bits per heavy atom. The lowest BCUT2D eigenvalue weighted by atomic mass is 10.2. The van der Waals surface area contributed by atoms with Crippen LogP contribution in [0.25, 0.3) is 15.9 Å². The zero-order valence-electron chi connectivity index (χ0n) is 22.2. The van der Waals surface area contributed by atoms with Crippen molar-refractivity contribution >= 4 is 61.9 Å². The van der Waals surface area contributed by atoms with Crippen molar-refractivity contribution in [2.45, 2.75) is 31.5 Å². The summed E-state index contributed by atoms with van der Waals surface area (Å²) < 4.78 is 8.46. The number of carbonyl (C=O) groups excluding carboxylic acids is 2. The lowest BCUT2D eigenvalue weighted by Gasteiger charge is -2.11. The van der Waals surface area contributed by atoms with E-state index in [0.717, 1.165) is 34.5 Å². The fraction of sp³-hybridized carbons (Fsp3) is 0.207. The van der Waals surface area contributed by atoms with E-state index in [0.29, 0.717) is 33.3 Å². The van der Waals surface area contributed by atoms with E-state index in [4.69, 9.17) is 16.3 Å². The van der Waals surface area contributed by atoms with Crippen LogP contribution in [0.3, 0.4) is 0 Å². The van der Waals surface area contributed by atoms with Gasteiger partial charge in [0.2, 0.25) is 5.91 Å². The van der Waals surface area contributed by atoms with E-state index in [1.165, 1.54) is 23.1 Å². The summed E-state index contributed by atoms with van der Waals surface area (Å²) in [5, 5.41) is 15.9. The molecule has 12 heteroatoms. The van der Waals surface area contributed by atoms with E-state index in [2.05, 4.69) is 32.7 Å². The van der Waals surface area contributed by atoms with Crippen molar-refractivity contribution in [3.05, 3.63) is 89.2 Å². The normalized spacial score (nSPS) is 11.0. The van der Waals surface area contributed by atoms with E-state index in [1.54, 1.807) is 41.0 Å². The van der Waals surface area contributed by atoms with Gasteiger partial charge in [0.25, 0.3) is 5.91 Å². The summed E-state index contributed by atoms with van der Waals surface area (Å²) in [4.78, 5) is 30.0. The van der Waals surface area contributed by atoms with Gasteiger partial charge in [-0.05, 0) is 61.0 Å². The van der Waals surface area contributed by atoms with Gasteiger partial charge < -0.3 is 15.4 Å². The summed E-state index contributed by atoms with van der Waals surface area (Å²) in [7, 11) is 0. The number of halogens is 1. The molecular formula is C29H27ClN6O3S2. The van der Waals surface area contributed by atoms with Gasteiger partial charge in [-0.2, -0.15) is 0 Å². The van der Waals surface area contributed by atoms with Gasteiger partial charge >= 0.3 is 0 Å². The molecule has 0 fully saturated rings. The summed E-state index contributed by atoms with van der Waals surface area (Å²) in [6.45, 7) is 2.87. The Hall–Kier alpha value is -3.93. The molecule has 0 unspecified atom stereocenters. The highest BCUT2D eigenvalue weighted by Gasteiger charge is 2.18. The van der Waals surface area contributed by atoms with Gasteiger partial charge in [-0.25, -0.2) is 4.98 Å². The molecule has 0 spiro atoms. The van der Waals surface area contributed by atoms with E-state index < -0.39 is 0 Å². The van der Waals surface area contributed by atoms with E-state index in [1.807, 2.05) is 36.4 Å². The molecule has 2 aromatic heterocycles. The Kier molecular flexibility index (Phi) is 9.50. The van der Waals surface area contributed by atoms with Crippen LogP contribution in [0.1, 0.15) is 35.9 Å². The van der Waals surface area contributed by atoms with Crippen LogP contribution in [0.5, 0.6) is 5.75 Å². The summed E-state index contributed by atoms with van der Waals surface area (Å²) in [5.74, 6) is 0.841. The number of nitrogens with one attached hydrogen (secondary N) is 2. The minimum atomic E-state index is -0.254. The summed E-state index contributed by atoms with van der Waals surface area (Å²) in [6.07, 6.45) is 2.03. The van der Waals surface area contributed by atoms with E-state index in [9.17, 15) is 9.59 Å². The Morgan fingerprint density at radius 3 is 2.66 bits per heavy atom. The van der Waals surface area contributed by atoms with Crippen molar-refractivity contribution in [2.75, 3.05) is 17.7 Å². The molecule has 0 saturated carbocycles.